The Balaban J connectivity index is 0.000000138. The van der Waals surface area contributed by atoms with Crippen LogP contribution in [0.15, 0.2) is 413 Å². The molecule has 22 aromatic carbocycles. The summed E-state index contributed by atoms with van der Waals surface area (Å²) >= 11 is 0. The summed E-state index contributed by atoms with van der Waals surface area (Å²) in [5.41, 5.74) is 31.0. The van der Waals surface area contributed by atoms with Gasteiger partial charge in [-0.15, -0.1) is 0 Å². The molecule has 0 N–H and O–H groups in total. The van der Waals surface area contributed by atoms with E-state index in [1.807, 2.05) is 0 Å². The van der Waals surface area contributed by atoms with Gasteiger partial charge in [0.15, 0.2) is 0 Å². The second-order valence-corrected chi connectivity index (χ2v) is 33.5. The predicted molar refractivity (Wildman–Crippen MR) is 507 cm³/mol. The van der Waals surface area contributed by atoms with E-state index < -0.39 is 0 Å². The minimum Gasteiger partial charge on any atom is -0.0616 e. The van der Waals surface area contributed by atoms with Gasteiger partial charge in [-0.2, -0.15) is 0 Å². The highest BCUT2D eigenvalue weighted by Gasteiger charge is 2.40. The second-order valence-electron chi connectivity index (χ2n) is 33.5. The second kappa shape index (κ2) is 27.0. The Morgan fingerprint density at radius 1 is 0.136 bits per heavy atom. The summed E-state index contributed by atoms with van der Waals surface area (Å²) in [6.07, 6.45) is 0. The van der Waals surface area contributed by atoms with Crippen molar-refractivity contribution in [2.75, 3.05) is 0 Å². The molecule has 0 aromatic heterocycles. The molecule has 24 rings (SSSR count). The van der Waals surface area contributed by atoms with Crippen molar-refractivity contribution in [3.8, 4) is 111 Å². The molecule has 0 bridgehead atoms. The number of hydrogen-bond donors (Lipinski definition) is 0. The largest absolute Gasteiger partial charge is 0.0616 e. The van der Waals surface area contributed by atoms with Crippen LogP contribution in [-0.4, -0.2) is 0 Å². The molecule has 22 aromatic rings. The summed E-state index contributed by atoms with van der Waals surface area (Å²) in [5.74, 6) is 0. The van der Waals surface area contributed by atoms with Crippen LogP contribution in [0.5, 0.6) is 0 Å². The lowest BCUT2D eigenvalue weighted by atomic mass is 9.80. The predicted octanol–water partition coefficient (Wildman–Crippen LogP) is 32.9. The molecule has 0 atom stereocenters. The van der Waals surface area contributed by atoms with Crippen LogP contribution in [-0.2, 0) is 10.8 Å². The van der Waals surface area contributed by atoms with E-state index in [0.717, 1.165) is 0 Å². The maximum Gasteiger partial charge on any atom is 0.0165 e. The lowest BCUT2D eigenvalue weighted by Crippen LogP contribution is -2.15. The highest BCUT2D eigenvalue weighted by molar-refractivity contribution is 6.25. The summed E-state index contributed by atoms with van der Waals surface area (Å²) in [6.45, 7) is 9.55. The van der Waals surface area contributed by atoms with E-state index in [1.54, 1.807) is 0 Å². The Kier molecular flexibility index (Phi) is 15.8. The van der Waals surface area contributed by atoms with Gasteiger partial charge in [0.25, 0.3) is 0 Å². The molecule has 2 aliphatic carbocycles. The first kappa shape index (κ1) is 69.0. The van der Waals surface area contributed by atoms with Crippen molar-refractivity contribution in [3.63, 3.8) is 0 Å². The van der Waals surface area contributed by atoms with Crippen LogP contribution < -0.4 is 0 Å². The highest BCUT2D eigenvalue weighted by Crippen LogP contribution is 2.58. The van der Waals surface area contributed by atoms with E-state index >= 15 is 0 Å². The normalized spacial score (nSPS) is 13.1. The molecule has 0 aliphatic heterocycles. The Morgan fingerprint density at radius 2 is 0.398 bits per heavy atom. The quantitative estimate of drug-likeness (QED) is 0.105. The molecule has 0 spiro atoms. The van der Waals surface area contributed by atoms with Crippen LogP contribution in [0.1, 0.15) is 49.9 Å². The van der Waals surface area contributed by atoms with Gasteiger partial charge >= 0.3 is 0 Å². The van der Waals surface area contributed by atoms with Crippen molar-refractivity contribution >= 4 is 108 Å². The zero-order valence-corrected chi connectivity index (χ0v) is 66.3. The standard InChI is InChI=1S/2C59H40/c1-59(2)54-25-13-24-44(57(54)52-35-34-37-14-3-6-17-45(37)58(52)59)38-26-30-40(31-27-38)55-48-20-9-11-22-50(48)56(51-23-12-10-21-49(51)55)41-32-28-39(29-33-41)53-36-42-15-4-5-16-43(42)46-18-7-8-19-47(46)53;1-59(2)54-29-15-28-42(57(54)52-35-34-37-16-3-6-19-43(37)58(52)59)38-30-32-39(33-31-38)55-48-24-11-13-26-50(48)56(51-27-14-12-25-49(51)55)47-23-10-9-22-46(47)53-36-40-17-4-5-18-41(40)44-20-7-8-21-45(44)53/h2*3-36H,1-2H3. The van der Waals surface area contributed by atoms with E-state index in [1.165, 1.54) is 241 Å². The zero-order valence-electron chi connectivity index (χ0n) is 66.3. The van der Waals surface area contributed by atoms with Crippen molar-refractivity contribution in [1.82, 2.24) is 0 Å². The van der Waals surface area contributed by atoms with Gasteiger partial charge in [0, 0.05) is 10.8 Å². The lowest BCUT2D eigenvalue weighted by Gasteiger charge is -2.23. The topological polar surface area (TPSA) is 0 Å². The van der Waals surface area contributed by atoms with Gasteiger partial charge in [0.05, 0.1) is 0 Å². The molecule has 0 amide bonds. The first-order valence-corrected chi connectivity index (χ1v) is 41.5. The van der Waals surface area contributed by atoms with Gasteiger partial charge in [-0.25, -0.2) is 0 Å². The van der Waals surface area contributed by atoms with Gasteiger partial charge in [-0.05, 0) is 253 Å². The first-order valence-electron chi connectivity index (χ1n) is 41.5. The molecular formula is C118H80. The average molecular weight is 1500 g/mol. The van der Waals surface area contributed by atoms with E-state index in [0.29, 0.717) is 0 Å². The van der Waals surface area contributed by atoms with E-state index in [9.17, 15) is 0 Å². The molecule has 0 unspecified atom stereocenters. The Morgan fingerprint density at radius 3 is 0.780 bits per heavy atom. The van der Waals surface area contributed by atoms with Crippen molar-refractivity contribution in [1.29, 1.82) is 0 Å². The Labute approximate surface area is 687 Å². The van der Waals surface area contributed by atoms with Gasteiger partial charge in [-0.1, -0.05) is 428 Å². The van der Waals surface area contributed by atoms with Crippen LogP contribution in [0.3, 0.4) is 0 Å². The highest BCUT2D eigenvalue weighted by atomic mass is 14.4. The Hall–Kier alpha value is -14.6. The number of hydrogen-bond acceptors (Lipinski definition) is 0. The molecule has 0 saturated carbocycles. The zero-order chi connectivity index (χ0) is 78.5. The van der Waals surface area contributed by atoms with E-state index in [4.69, 9.17) is 0 Å². The van der Waals surface area contributed by atoms with E-state index in [2.05, 4.69) is 440 Å². The van der Waals surface area contributed by atoms with Gasteiger partial charge in [0.2, 0.25) is 0 Å². The fourth-order valence-electron chi connectivity index (χ4n) is 21.2. The molecule has 552 valence electrons. The molecule has 0 heteroatoms. The molecule has 0 nitrogen and oxygen atoms in total. The van der Waals surface area contributed by atoms with Crippen LogP contribution in [0, 0.1) is 0 Å². The van der Waals surface area contributed by atoms with Crippen LogP contribution >= 0.6 is 0 Å². The summed E-state index contributed by atoms with van der Waals surface area (Å²) in [4.78, 5) is 0. The summed E-state index contributed by atoms with van der Waals surface area (Å²) < 4.78 is 0. The van der Waals surface area contributed by atoms with Crippen molar-refractivity contribution in [2.24, 2.45) is 0 Å². The summed E-state index contributed by atoms with van der Waals surface area (Å²) in [5, 5.41) is 25.6. The van der Waals surface area contributed by atoms with Crippen molar-refractivity contribution < 1.29 is 0 Å². The third-order valence-corrected chi connectivity index (χ3v) is 26.5. The fourth-order valence-corrected chi connectivity index (χ4v) is 21.2. The van der Waals surface area contributed by atoms with Gasteiger partial charge < -0.3 is 0 Å². The maximum absolute atomic E-state index is 2.39. The molecule has 0 heterocycles. The maximum atomic E-state index is 2.39. The minimum absolute atomic E-state index is 0.0911. The summed E-state index contributed by atoms with van der Waals surface area (Å²) in [7, 11) is 0. The van der Waals surface area contributed by atoms with Crippen molar-refractivity contribution in [2.45, 2.75) is 38.5 Å². The smallest absolute Gasteiger partial charge is 0.0165 e. The Bertz CT molecular complexity index is 7830. The number of rotatable bonds is 8. The number of fused-ring (bicyclic) bond motifs is 20. The average Bonchev–Trinajstić information content (AvgIpc) is 1.46. The fraction of sp³-hybridized carbons (Fsp3) is 0.0508. The van der Waals surface area contributed by atoms with Crippen LogP contribution in [0.2, 0.25) is 0 Å². The van der Waals surface area contributed by atoms with E-state index in [-0.39, 0.29) is 10.8 Å². The first-order chi connectivity index (χ1) is 58.1. The van der Waals surface area contributed by atoms with Crippen molar-refractivity contribution in [3.05, 3.63) is 435 Å². The molecule has 0 radical (unpaired) electrons. The third kappa shape index (κ3) is 10.6. The van der Waals surface area contributed by atoms with Gasteiger partial charge in [-0.3, -0.25) is 0 Å². The third-order valence-electron chi connectivity index (χ3n) is 26.5. The molecular weight excluding hydrogens is 1420 g/mol. The van der Waals surface area contributed by atoms with Crippen LogP contribution in [0.25, 0.3) is 219 Å². The SMILES string of the molecule is CC1(C)c2cccc(-c3ccc(-c4c5ccccc5c(-c5ccc(-c6cc7ccccc7c7ccccc67)cc5)c5ccccc45)cc3)c2-c2ccc3ccccc3c21.CC1(C)c2cccc(-c3ccc(-c4c5ccccc5c(-c5ccccc5-c5cc6ccccc6c6ccccc56)c5ccccc45)cc3)c2-c2ccc3ccccc3c21. The minimum atomic E-state index is -0.0962. The molecule has 118 heavy (non-hydrogen) atoms. The van der Waals surface area contributed by atoms with Crippen LogP contribution in [0.4, 0.5) is 0 Å². The summed E-state index contributed by atoms with van der Waals surface area (Å²) in [6, 6.07) is 154. The lowest BCUT2D eigenvalue weighted by molar-refractivity contribution is 0.666. The molecule has 0 saturated heterocycles. The molecule has 2 aliphatic rings. The number of benzene rings is 22. The van der Waals surface area contributed by atoms with Gasteiger partial charge in [0.1, 0.15) is 0 Å². The monoisotopic (exact) mass is 1500 g/mol. The molecule has 0 fully saturated rings.